The fraction of sp³-hybridized carbons (Fsp3) is 0.273. The number of nitrogens with one attached hydrogen (secondary N) is 1. The first-order valence-corrected chi connectivity index (χ1v) is 9.65. The normalized spacial score (nSPS) is 13.9. The minimum absolute atomic E-state index is 0.126. The monoisotopic (exact) mass is 397 g/mol. The number of hydrogen-bond acceptors (Lipinski definition) is 4. The molecule has 0 saturated carbocycles. The van der Waals surface area contributed by atoms with Gasteiger partial charge in [0.25, 0.3) is 5.91 Å². The first kappa shape index (κ1) is 18.6. The maximum absolute atomic E-state index is 12.2. The van der Waals surface area contributed by atoms with Gasteiger partial charge in [-0.15, -0.1) is 0 Å². The molecule has 4 rings (SSSR count). The van der Waals surface area contributed by atoms with E-state index in [-0.39, 0.29) is 24.2 Å². The van der Waals surface area contributed by atoms with Gasteiger partial charge in [-0.3, -0.25) is 4.79 Å². The van der Waals surface area contributed by atoms with Crippen molar-refractivity contribution in [2.45, 2.75) is 32.2 Å². The number of carbonyl (C=O) groups excluding carboxylic acids is 1. The highest BCUT2D eigenvalue weighted by Gasteiger charge is 2.19. The van der Waals surface area contributed by atoms with Crippen LogP contribution in [-0.2, 0) is 17.6 Å². The Morgan fingerprint density at radius 2 is 1.93 bits per heavy atom. The molecule has 0 bridgehead atoms. The lowest BCUT2D eigenvalue weighted by atomic mass is 10.1. The molecule has 0 spiro atoms. The van der Waals surface area contributed by atoms with Crippen LogP contribution in [0, 0.1) is 0 Å². The van der Waals surface area contributed by atoms with Crippen LogP contribution in [0.3, 0.4) is 0 Å². The van der Waals surface area contributed by atoms with Gasteiger partial charge in [-0.1, -0.05) is 23.7 Å². The second-order valence-electron chi connectivity index (χ2n) is 6.99. The van der Waals surface area contributed by atoms with Gasteiger partial charge in [0.05, 0.1) is 6.04 Å². The van der Waals surface area contributed by atoms with Crippen LogP contribution < -0.4 is 15.7 Å². The Morgan fingerprint density at radius 1 is 1.18 bits per heavy atom. The van der Waals surface area contributed by atoms with E-state index in [0.29, 0.717) is 16.4 Å². The Kier molecular flexibility index (Phi) is 5.09. The van der Waals surface area contributed by atoms with Crippen molar-refractivity contribution in [1.82, 2.24) is 5.32 Å². The van der Waals surface area contributed by atoms with Crippen LogP contribution in [0.25, 0.3) is 11.0 Å². The number of amides is 1. The summed E-state index contributed by atoms with van der Waals surface area (Å²) in [6.07, 6.45) is 2.64. The number of benzene rings is 2. The molecular formula is C22H20ClNO4. The standard InChI is InChI=1S/C22H20ClNO4/c1-13(14-5-7-15(23)8-6-14)24-21(25)12-27-16-9-10-18-17-3-2-4-19(17)22(26)28-20(18)11-16/h5-11,13H,2-4,12H2,1H3,(H,24,25). The predicted molar refractivity (Wildman–Crippen MR) is 108 cm³/mol. The predicted octanol–water partition coefficient (Wildman–Crippen LogP) is 4.19. The summed E-state index contributed by atoms with van der Waals surface area (Å²) in [6, 6.07) is 12.5. The van der Waals surface area contributed by atoms with Gasteiger partial charge >= 0.3 is 5.63 Å². The molecule has 1 N–H and O–H groups in total. The summed E-state index contributed by atoms with van der Waals surface area (Å²) in [5, 5.41) is 4.48. The van der Waals surface area contributed by atoms with Gasteiger partial charge in [0, 0.05) is 22.0 Å². The van der Waals surface area contributed by atoms with Crippen LogP contribution in [0.5, 0.6) is 5.75 Å². The summed E-state index contributed by atoms with van der Waals surface area (Å²) in [4.78, 5) is 24.3. The van der Waals surface area contributed by atoms with E-state index in [2.05, 4.69) is 5.32 Å². The molecule has 1 aromatic heterocycles. The summed E-state index contributed by atoms with van der Waals surface area (Å²) in [6.45, 7) is 1.77. The number of rotatable bonds is 5. The third-order valence-electron chi connectivity index (χ3n) is 5.06. The van der Waals surface area contributed by atoms with E-state index in [0.717, 1.165) is 41.3 Å². The summed E-state index contributed by atoms with van der Waals surface area (Å²) in [5.74, 6) is 0.251. The topological polar surface area (TPSA) is 68.5 Å². The fourth-order valence-corrected chi connectivity index (χ4v) is 3.75. The molecule has 5 nitrogen and oxygen atoms in total. The summed E-state index contributed by atoms with van der Waals surface area (Å²) in [5.41, 5.74) is 3.05. The second-order valence-corrected chi connectivity index (χ2v) is 7.42. The zero-order valence-electron chi connectivity index (χ0n) is 15.5. The highest BCUT2D eigenvalue weighted by molar-refractivity contribution is 6.30. The van der Waals surface area contributed by atoms with Crippen LogP contribution in [0.15, 0.2) is 51.7 Å². The van der Waals surface area contributed by atoms with Crippen molar-refractivity contribution in [3.63, 3.8) is 0 Å². The van der Waals surface area contributed by atoms with Gasteiger partial charge < -0.3 is 14.5 Å². The van der Waals surface area contributed by atoms with E-state index in [4.69, 9.17) is 20.8 Å². The zero-order chi connectivity index (χ0) is 19.7. The largest absolute Gasteiger partial charge is 0.484 e. The molecule has 1 heterocycles. The number of aryl methyl sites for hydroxylation is 1. The van der Waals surface area contributed by atoms with E-state index in [1.165, 1.54) is 0 Å². The Hall–Kier alpha value is -2.79. The van der Waals surface area contributed by atoms with E-state index in [1.54, 1.807) is 24.3 Å². The van der Waals surface area contributed by atoms with Crippen LogP contribution in [0.4, 0.5) is 0 Å². The fourth-order valence-electron chi connectivity index (χ4n) is 3.62. The number of fused-ring (bicyclic) bond motifs is 3. The van der Waals surface area contributed by atoms with Crippen molar-refractivity contribution in [3.8, 4) is 5.75 Å². The van der Waals surface area contributed by atoms with Gasteiger partial charge in [0.2, 0.25) is 0 Å². The molecule has 1 atom stereocenters. The highest BCUT2D eigenvalue weighted by Crippen LogP contribution is 2.29. The summed E-state index contributed by atoms with van der Waals surface area (Å²) >= 11 is 5.89. The average molecular weight is 398 g/mol. The molecule has 0 aliphatic heterocycles. The van der Waals surface area contributed by atoms with Crippen LogP contribution in [0.1, 0.15) is 36.1 Å². The quantitative estimate of drug-likeness (QED) is 0.655. The number of carbonyl (C=O) groups is 1. The third kappa shape index (κ3) is 3.76. The van der Waals surface area contributed by atoms with Gasteiger partial charge in [-0.25, -0.2) is 4.79 Å². The Labute approximate surface area is 167 Å². The Balaban J connectivity index is 1.42. The van der Waals surface area contributed by atoms with Crippen LogP contribution >= 0.6 is 11.6 Å². The summed E-state index contributed by atoms with van der Waals surface area (Å²) in [7, 11) is 0. The van der Waals surface area contributed by atoms with Gasteiger partial charge in [-0.05, 0) is 61.6 Å². The van der Waals surface area contributed by atoms with Crippen molar-refractivity contribution in [3.05, 3.63) is 74.6 Å². The molecule has 1 amide bonds. The SMILES string of the molecule is CC(NC(=O)COc1ccc2c3c(c(=O)oc2c1)CCC3)c1ccc(Cl)cc1. The molecule has 0 saturated heterocycles. The minimum Gasteiger partial charge on any atom is -0.484 e. The molecule has 2 aromatic carbocycles. The van der Waals surface area contributed by atoms with Crippen molar-refractivity contribution < 1.29 is 13.9 Å². The van der Waals surface area contributed by atoms with Gasteiger partial charge in [-0.2, -0.15) is 0 Å². The molecule has 144 valence electrons. The molecular weight excluding hydrogens is 378 g/mol. The Bertz CT molecular complexity index is 1090. The van der Waals surface area contributed by atoms with Crippen LogP contribution in [-0.4, -0.2) is 12.5 Å². The van der Waals surface area contributed by atoms with E-state index in [1.807, 2.05) is 25.1 Å². The Morgan fingerprint density at radius 3 is 2.71 bits per heavy atom. The molecule has 1 aliphatic carbocycles. The highest BCUT2D eigenvalue weighted by atomic mass is 35.5. The van der Waals surface area contributed by atoms with Crippen molar-refractivity contribution in [1.29, 1.82) is 0 Å². The lowest BCUT2D eigenvalue weighted by Crippen LogP contribution is -2.31. The summed E-state index contributed by atoms with van der Waals surface area (Å²) < 4.78 is 11.0. The average Bonchev–Trinajstić information content (AvgIpc) is 3.17. The third-order valence-corrected chi connectivity index (χ3v) is 5.31. The smallest absolute Gasteiger partial charge is 0.339 e. The molecule has 1 unspecified atom stereocenters. The number of ether oxygens (including phenoxy) is 1. The van der Waals surface area contributed by atoms with Gasteiger partial charge in [0.1, 0.15) is 11.3 Å². The molecule has 3 aromatic rings. The molecule has 28 heavy (non-hydrogen) atoms. The molecule has 6 heteroatoms. The van der Waals surface area contributed by atoms with Gasteiger partial charge in [0.15, 0.2) is 6.61 Å². The molecule has 0 fully saturated rings. The van der Waals surface area contributed by atoms with Crippen molar-refractivity contribution in [2.75, 3.05) is 6.61 Å². The zero-order valence-corrected chi connectivity index (χ0v) is 16.2. The van der Waals surface area contributed by atoms with Crippen molar-refractivity contribution in [2.24, 2.45) is 0 Å². The van der Waals surface area contributed by atoms with Crippen molar-refractivity contribution >= 4 is 28.5 Å². The maximum atomic E-state index is 12.2. The first-order chi connectivity index (χ1) is 13.5. The van der Waals surface area contributed by atoms with Crippen LogP contribution in [0.2, 0.25) is 5.02 Å². The maximum Gasteiger partial charge on any atom is 0.339 e. The lowest BCUT2D eigenvalue weighted by molar-refractivity contribution is -0.123. The molecule has 0 radical (unpaired) electrons. The minimum atomic E-state index is -0.272. The second kappa shape index (κ2) is 7.68. The van der Waals surface area contributed by atoms with E-state index in [9.17, 15) is 9.59 Å². The van der Waals surface area contributed by atoms with E-state index < -0.39 is 0 Å². The number of hydrogen-bond donors (Lipinski definition) is 1. The van der Waals surface area contributed by atoms with E-state index >= 15 is 0 Å². The first-order valence-electron chi connectivity index (χ1n) is 9.27. The number of halogens is 1. The lowest BCUT2D eigenvalue weighted by Gasteiger charge is -2.15. The molecule has 1 aliphatic rings.